The van der Waals surface area contributed by atoms with Gasteiger partial charge in [-0.3, -0.25) is 10.1 Å². The highest BCUT2D eigenvalue weighted by atomic mass is 32.2. The molecular weight excluding hydrogens is 300 g/mol. The molecule has 0 saturated carbocycles. The van der Waals surface area contributed by atoms with Crippen molar-refractivity contribution in [2.45, 2.75) is 19.4 Å². The van der Waals surface area contributed by atoms with E-state index in [1.165, 1.54) is 13.4 Å². The van der Waals surface area contributed by atoms with E-state index in [9.17, 15) is 18.5 Å². The SMILES string of the molecule is CNc1ncnc(NCC(C)(C)NS(C)(=O)=O)c1[N+](=O)[O-]. The number of anilines is 2. The van der Waals surface area contributed by atoms with Crippen molar-refractivity contribution in [2.75, 3.05) is 30.5 Å². The van der Waals surface area contributed by atoms with E-state index in [0.29, 0.717) is 0 Å². The number of aromatic nitrogens is 2. The Morgan fingerprint density at radius 3 is 2.38 bits per heavy atom. The first-order valence-electron chi connectivity index (χ1n) is 5.96. The predicted octanol–water partition coefficient (Wildman–Crippen LogP) is 0.166. The number of nitrogens with zero attached hydrogens (tertiary/aromatic N) is 3. The minimum atomic E-state index is -3.39. The van der Waals surface area contributed by atoms with Crippen LogP contribution in [-0.4, -0.2) is 48.7 Å². The van der Waals surface area contributed by atoms with E-state index in [1.807, 2.05) is 0 Å². The van der Waals surface area contributed by atoms with Gasteiger partial charge in [0.2, 0.25) is 21.7 Å². The van der Waals surface area contributed by atoms with Gasteiger partial charge in [0.1, 0.15) is 6.33 Å². The number of nitro groups is 1. The maximum atomic E-state index is 11.3. The fourth-order valence-electron chi connectivity index (χ4n) is 1.71. The maximum Gasteiger partial charge on any atom is 0.353 e. The fraction of sp³-hybridized carbons (Fsp3) is 0.600. The number of hydrogen-bond acceptors (Lipinski definition) is 8. The Hall–Kier alpha value is -2.01. The van der Waals surface area contributed by atoms with Crippen molar-refractivity contribution < 1.29 is 13.3 Å². The molecule has 1 heterocycles. The van der Waals surface area contributed by atoms with Gasteiger partial charge >= 0.3 is 5.69 Å². The van der Waals surface area contributed by atoms with Gasteiger partial charge in [-0.15, -0.1) is 0 Å². The van der Waals surface area contributed by atoms with Gasteiger partial charge in [0.05, 0.1) is 11.2 Å². The fourth-order valence-corrected chi connectivity index (χ4v) is 2.78. The summed E-state index contributed by atoms with van der Waals surface area (Å²) in [6, 6.07) is 0. The molecule has 21 heavy (non-hydrogen) atoms. The molecule has 0 aliphatic rings. The van der Waals surface area contributed by atoms with Gasteiger partial charge in [-0.05, 0) is 13.8 Å². The molecule has 0 atom stereocenters. The average Bonchev–Trinajstić information content (AvgIpc) is 2.32. The molecule has 0 spiro atoms. The topological polar surface area (TPSA) is 139 Å². The molecule has 118 valence electrons. The Kier molecular flexibility index (Phi) is 5.01. The van der Waals surface area contributed by atoms with Gasteiger partial charge in [-0.2, -0.15) is 0 Å². The summed E-state index contributed by atoms with van der Waals surface area (Å²) in [6.45, 7) is 3.40. The second-order valence-corrected chi connectivity index (χ2v) is 6.79. The highest BCUT2D eigenvalue weighted by Gasteiger charge is 2.26. The monoisotopic (exact) mass is 318 g/mol. The second kappa shape index (κ2) is 6.18. The summed E-state index contributed by atoms with van der Waals surface area (Å²) < 4.78 is 24.9. The van der Waals surface area contributed by atoms with Crippen LogP contribution in [0.2, 0.25) is 0 Å². The Morgan fingerprint density at radius 2 is 1.90 bits per heavy atom. The number of nitrogens with one attached hydrogen (secondary N) is 3. The van der Waals surface area contributed by atoms with Crippen LogP contribution in [0, 0.1) is 10.1 Å². The first-order chi connectivity index (χ1) is 9.56. The predicted molar refractivity (Wildman–Crippen MR) is 78.8 cm³/mol. The van der Waals surface area contributed by atoms with Gasteiger partial charge in [0.15, 0.2) is 0 Å². The van der Waals surface area contributed by atoms with E-state index < -0.39 is 20.5 Å². The molecule has 1 rings (SSSR count). The zero-order valence-corrected chi connectivity index (χ0v) is 13.0. The van der Waals surface area contributed by atoms with Crippen LogP contribution in [0.4, 0.5) is 17.3 Å². The molecule has 0 aliphatic carbocycles. The van der Waals surface area contributed by atoms with Crippen LogP contribution >= 0.6 is 0 Å². The molecule has 10 nitrogen and oxygen atoms in total. The lowest BCUT2D eigenvalue weighted by molar-refractivity contribution is -0.383. The zero-order valence-electron chi connectivity index (χ0n) is 12.2. The Morgan fingerprint density at radius 1 is 1.33 bits per heavy atom. The molecule has 0 amide bonds. The van der Waals surface area contributed by atoms with Crippen LogP contribution in [0.1, 0.15) is 13.8 Å². The molecule has 0 unspecified atom stereocenters. The largest absolute Gasteiger partial charge is 0.367 e. The quantitative estimate of drug-likeness (QED) is 0.477. The molecule has 0 aromatic carbocycles. The minimum Gasteiger partial charge on any atom is -0.367 e. The first kappa shape index (κ1) is 17.0. The summed E-state index contributed by atoms with van der Waals surface area (Å²) in [4.78, 5) is 18.1. The maximum absolute atomic E-state index is 11.3. The summed E-state index contributed by atoms with van der Waals surface area (Å²) in [6.07, 6.45) is 2.22. The van der Waals surface area contributed by atoms with Crippen LogP contribution in [0.15, 0.2) is 6.33 Å². The van der Waals surface area contributed by atoms with Crippen LogP contribution < -0.4 is 15.4 Å². The molecule has 1 aromatic rings. The third kappa shape index (κ3) is 5.11. The van der Waals surface area contributed by atoms with Crippen molar-refractivity contribution in [1.29, 1.82) is 0 Å². The summed E-state index contributed by atoms with van der Waals surface area (Å²) >= 11 is 0. The van der Waals surface area contributed by atoms with E-state index in [1.54, 1.807) is 13.8 Å². The second-order valence-electron chi connectivity index (χ2n) is 5.04. The van der Waals surface area contributed by atoms with Crippen molar-refractivity contribution in [1.82, 2.24) is 14.7 Å². The highest BCUT2D eigenvalue weighted by Crippen LogP contribution is 2.28. The molecule has 0 radical (unpaired) electrons. The summed E-state index contributed by atoms with van der Waals surface area (Å²) in [5.41, 5.74) is -1.14. The van der Waals surface area contributed by atoms with Crippen molar-refractivity contribution >= 4 is 27.3 Å². The van der Waals surface area contributed by atoms with E-state index in [0.717, 1.165) is 6.26 Å². The molecule has 0 aliphatic heterocycles. The zero-order chi connectivity index (χ0) is 16.3. The van der Waals surface area contributed by atoms with Crippen molar-refractivity contribution in [3.8, 4) is 0 Å². The van der Waals surface area contributed by atoms with Gasteiger partial charge in [-0.1, -0.05) is 0 Å². The van der Waals surface area contributed by atoms with Crippen LogP contribution in [0.3, 0.4) is 0 Å². The summed E-state index contributed by atoms with van der Waals surface area (Å²) in [5, 5.41) is 16.5. The molecule has 0 fully saturated rings. The summed E-state index contributed by atoms with van der Waals surface area (Å²) in [5.74, 6) is 0.0918. The van der Waals surface area contributed by atoms with Crippen LogP contribution in [0.25, 0.3) is 0 Å². The van der Waals surface area contributed by atoms with E-state index >= 15 is 0 Å². The van der Waals surface area contributed by atoms with Gasteiger partial charge in [0, 0.05) is 19.1 Å². The molecule has 0 bridgehead atoms. The van der Waals surface area contributed by atoms with E-state index in [2.05, 4.69) is 25.3 Å². The summed E-state index contributed by atoms with van der Waals surface area (Å²) in [7, 11) is -1.89. The third-order valence-corrected chi connectivity index (χ3v) is 3.32. The number of rotatable bonds is 7. The Bertz CT molecular complexity index is 630. The number of sulfonamides is 1. The lowest BCUT2D eigenvalue weighted by atomic mass is 10.1. The molecule has 11 heteroatoms. The number of hydrogen-bond donors (Lipinski definition) is 3. The highest BCUT2D eigenvalue weighted by molar-refractivity contribution is 7.88. The molecule has 0 saturated heterocycles. The lowest BCUT2D eigenvalue weighted by Gasteiger charge is -2.25. The minimum absolute atomic E-state index is 0.0164. The normalized spacial score (nSPS) is 12.0. The van der Waals surface area contributed by atoms with Gasteiger partial charge in [-0.25, -0.2) is 23.1 Å². The third-order valence-electron chi connectivity index (χ3n) is 2.40. The standard InChI is InChI=1S/C10H18N6O4S/c1-10(2,15-21(4,19)20)5-12-9-7(16(17)18)8(11-3)13-6-14-9/h6,15H,5H2,1-4H3,(H2,11,12,13,14). The van der Waals surface area contributed by atoms with Gasteiger partial charge < -0.3 is 10.6 Å². The van der Waals surface area contributed by atoms with Crippen molar-refractivity contribution in [3.05, 3.63) is 16.4 Å². The average molecular weight is 318 g/mol. The smallest absolute Gasteiger partial charge is 0.353 e. The van der Waals surface area contributed by atoms with Crippen molar-refractivity contribution in [3.63, 3.8) is 0 Å². The molecule has 1 aromatic heterocycles. The lowest BCUT2D eigenvalue weighted by Crippen LogP contribution is -2.47. The Labute approximate surface area is 122 Å². The van der Waals surface area contributed by atoms with E-state index in [4.69, 9.17) is 0 Å². The molecular formula is C10H18N6O4S. The van der Waals surface area contributed by atoms with Crippen LogP contribution in [0.5, 0.6) is 0 Å². The molecule has 3 N–H and O–H groups in total. The van der Waals surface area contributed by atoms with Crippen molar-refractivity contribution in [2.24, 2.45) is 0 Å². The first-order valence-corrected chi connectivity index (χ1v) is 7.85. The van der Waals surface area contributed by atoms with Gasteiger partial charge in [0.25, 0.3) is 0 Å². The van der Waals surface area contributed by atoms with Crippen LogP contribution in [-0.2, 0) is 10.0 Å². The Balaban J connectivity index is 2.97. The van der Waals surface area contributed by atoms with E-state index in [-0.39, 0.29) is 23.9 Å².